The number of aryl methyl sites for hydroxylation is 1. The van der Waals surface area contributed by atoms with Crippen molar-refractivity contribution in [1.29, 1.82) is 0 Å². The minimum Gasteiger partial charge on any atom is -0.343 e. The van der Waals surface area contributed by atoms with Crippen LogP contribution >= 0.6 is 0 Å². The van der Waals surface area contributed by atoms with Gasteiger partial charge in [-0.05, 0) is 25.8 Å². The second-order valence-electron chi connectivity index (χ2n) is 5.09. The standard InChI is InChI=1S/C14H24N4O/c1-2-6-15-10-13-11-16-12-18(13)9-5-14(19)17-7-3-4-8-17/h11-12,15H,2-10H2,1H3. The Bertz CT molecular complexity index is 396. The van der Waals surface area contributed by atoms with Crippen molar-refractivity contribution in [2.45, 2.75) is 45.7 Å². The van der Waals surface area contributed by atoms with Gasteiger partial charge in [-0.1, -0.05) is 6.92 Å². The van der Waals surface area contributed by atoms with E-state index in [1.807, 2.05) is 17.4 Å². The molecule has 1 aromatic heterocycles. The van der Waals surface area contributed by atoms with Crippen molar-refractivity contribution in [2.75, 3.05) is 19.6 Å². The zero-order chi connectivity index (χ0) is 13.5. The number of rotatable bonds is 7. The van der Waals surface area contributed by atoms with Gasteiger partial charge in [0.25, 0.3) is 0 Å². The molecule has 1 fully saturated rings. The van der Waals surface area contributed by atoms with E-state index in [0.29, 0.717) is 6.42 Å². The minimum atomic E-state index is 0.277. The largest absolute Gasteiger partial charge is 0.343 e. The maximum Gasteiger partial charge on any atom is 0.224 e. The van der Waals surface area contributed by atoms with Crippen LogP contribution in [0.5, 0.6) is 0 Å². The Morgan fingerprint density at radius 1 is 1.42 bits per heavy atom. The number of aromatic nitrogens is 2. The Hall–Kier alpha value is -1.36. The van der Waals surface area contributed by atoms with Crippen LogP contribution < -0.4 is 5.32 Å². The van der Waals surface area contributed by atoms with Crippen LogP contribution in [0.2, 0.25) is 0 Å². The Morgan fingerprint density at radius 3 is 2.95 bits per heavy atom. The fourth-order valence-electron chi connectivity index (χ4n) is 2.43. The number of likely N-dealkylation sites (tertiary alicyclic amines) is 1. The van der Waals surface area contributed by atoms with E-state index < -0.39 is 0 Å². The lowest BCUT2D eigenvalue weighted by Crippen LogP contribution is -2.28. The van der Waals surface area contributed by atoms with Gasteiger partial charge < -0.3 is 14.8 Å². The number of amides is 1. The molecule has 0 radical (unpaired) electrons. The fraction of sp³-hybridized carbons (Fsp3) is 0.714. The van der Waals surface area contributed by atoms with Crippen LogP contribution in [-0.4, -0.2) is 40.0 Å². The Kier molecular flexibility index (Phi) is 5.39. The van der Waals surface area contributed by atoms with Crippen LogP contribution in [0.3, 0.4) is 0 Å². The highest BCUT2D eigenvalue weighted by molar-refractivity contribution is 5.76. The van der Waals surface area contributed by atoms with Crippen molar-refractivity contribution in [2.24, 2.45) is 0 Å². The van der Waals surface area contributed by atoms with Crippen molar-refractivity contribution in [3.63, 3.8) is 0 Å². The number of nitrogens with zero attached hydrogens (tertiary/aromatic N) is 3. The average Bonchev–Trinajstić information content (AvgIpc) is 3.08. The van der Waals surface area contributed by atoms with Gasteiger partial charge in [0.1, 0.15) is 0 Å². The number of hydrogen-bond acceptors (Lipinski definition) is 3. The van der Waals surface area contributed by atoms with Crippen LogP contribution in [0.25, 0.3) is 0 Å². The zero-order valence-corrected chi connectivity index (χ0v) is 11.8. The van der Waals surface area contributed by atoms with Crippen LogP contribution in [0.4, 0.5) is 0 Å². The lowest BCUT2D eigenvalue weighted by atomic mass is 10.3. The lowest BCUT2D eigenvalue weighted by molar-refractivity contribution is -0.130. The van der Waals surface area contributed by atoms with Crippen molar-refractivity contribution < 1.29 is 4.79 Å². The molecule has 1 saturated heterocycles. The van der Waals surface area contributed by atoms with Gasteiger partial charge in [-0.25, -0.2) is 4.98 Å². The van der Waals surface area contributed by atoms with E-state index in [0.717, 1.165) is 57.7 Å². The van der Waals surface area contributed by atoms with E-state index >= 15 is 0 Å². The molecule has 1 aliphatic rings. The molecule has 19 heavy (non-hydrogen) atoms. The van der Waals surface area contributed by atoms with Gasteiger partial charge in [0.2, 0.25) is 5.91 Å². The van der Waals surface area contributed by atoms with E-state index in [2.05, 4.69) is 21.8 Å². The highest BCUT2D eigenvalue weighted by Gasteiger charge is 2.17. The number of imidazole rings is 1. The molecular formula is C14H24N4O. The molecule has 0 spiro atoms. The smallest absolute Gasteiger partial charge is 0.224 e. The summed E-state index contributed by atoms with van der Waals surface area (Å²) in [5, 5.41) is 3.36. The predicted octanol–water partition coefficient (Wildman–Crippen LogP) is 1.40. The van der Waals surface area contributed by atoms with Crippen LogP contribution in [0.1, 0.15) is 38.3 Å². The van der Waals surface area contributed by atoms with Crippen LogP contribution in [-0.2, 0) is 17.9 Å². The molecule has 0 unspecified atom stereocenters. The molecule has 106 valence electrons. The third kappa shape index (κ3) is 4.06. The first-order valence-corrected chi connectivity index (χ1v) is 7.28. The van der Waals surface area contributed by atoms with Gasteiger partial charge in [0.05, 0.1) is 12.0 Å². The summed E-state index contributed by atoms with van der Waals surface area (Å²) in [7, 11) is 0. The predicted molar refractivity (Wildman–Crippen MR) is 74.7 cm³/mol. The van der Waals surface area contributed by atoms with Gasteiger partial charge in [-0.3, -0.25) is 4.79 Å². The molecule has 0 bridgehead atoms. The molecule has 5 nitrogen and oxygen atoms in total. The second kappa shape index (κ2) is 7.28. The maximum absolute atomic E-state index is 12.0. The minimum absolute atomic E-state index is 0.277. The summed E-state index contributed by atoms with van der Waals surface area (Å²) in [5.41, 5.74) is 1.16. The molecule has 1 aromatic rings. The van der Waals surface area contributed by atoms with Gasteiger partial charge in [0, 0.05) is 38.8 Å². The zero-order valence-electron chi connectivity index (χ0n) is 11.8. The Labute approximate surface area is 115 Å². The van der Waals surface area contributed by atoms with Crippen molar-refractivity contribution >= 4 is 5.91 Å². The van der Waals surface area contributed by atoms with Gasteiger partial charge >= 0.3 is 0 Å². The fourth-order valence-corrected chi connectivity index (χ4v) is 2.43. The summed E-state index contributed by atoms with van der Waals surface area (Å²) in [6, 6.07) is 0. The van der Waals surface area contributed by atoms with Crippen molar-refractivity contribution in [1.82, 2.24) is 19.8 Å². The molecule has 5 heteroatoms. The normalized spacial score (nSPS) is 15.1. The van der Waals surface area contributed by atoms with Crippen molar-refractivity contribution in [3.05, 3.63) is 18.2 Å². The monoisotopic (exact) mass is 264 g/mol. The SMILES string of the molecule is CCCNCc1cncn1CCC(=O)N1CCCC1. The highest BCUT2D eigenvalue weighted by Crippen LogP contribution is 2.10. The molecule has 0 saturated carbocycles. The quantitative estimate of drug-likeness (QED) is 0.757. The molecule has 1 N–H and O–H groups in total. The summed E-state index contributed by atoms with van der Waals surface area (Å²) in [4.78, 5) is 18.1. The third-order valence-electron chi connectivity index (χ3n) is 3.56. The van der Waals surface area contributed by atoms with E-state index in [1.165, 1.54) is 0 Å². The molecular weight excluding hydrogens is 240 g/mol. The Balaban J connectivity index is 1.78. The number of carbonyl (C=O) groups excluding carboxylic acids is 1. The summed E-state index contributed by atoms with van der Waals surface area (Å²) in [5.74, 6) is 0.277. The average molecular weight is 264 g/mol. The molecule has 1 aliphatic heterocycles. The molecule has 2 heterocycles. The number of carbonyl (C=O) groups is 1. The summed E-state index contributed by atoms with van der Waals surface area (Å²) in [6.07, 6.45) is 7.72. The van der Waals surface area contributed by atoms with Crippen molar-refractivity contribution in [3.8, 4) is 0 Å². The number of hydrogen-bond donors (Lipinski definition) is 1. The maximum atomic E-state index is 12.0. The van der Waals surface area contributed by atoms with E-state index in [-0.39, 0.29) is 5.91 Å². The first-order valence-electron chi connectivity index (χ1n) is 7.28. The van der Waals surface area contributed by atoms with Crippen LogP contribution in [0.15, 0.2) is 12.5 Å². The first kappa shape index (κ1) is 14.1. The second-order valence-corrected chi connectivity index (χ2v) is 5.09. The molecule has 2 rings (SSSR count). The summed E-state index contributed by atoms with van der Waals surface area (Å²) in [6.45, 7) is 6.60. The molecule has 0 aromatic carbocycles. The highest BCUT2D eigenvalue weighted by atomic mass is 16.2. The third-order valence-corrected chi connectivity index (χ3v) is 3.56. The van der Waals surface area contributed by atoms with E-state index in [1.54, 1.807) is 0 Å². The number of nitrogens with one attached hydrogen (secondary N) is 1. The van der Waals surface area contributed by atoms with Crippen LogP contribution in [0, 0.1) is 0 Å². The summed E-state index contributed by atoms with van der Waals surface area (Å²) >= 11 is 0. The van der Waals surface area contributed by atoms with E-state index in [4.69, 9.17) is 0 Å². The topological polar surface area (TPSA) is 50.2 Å². The molecule has 0 aliphatic carbocycles. The van der Waals surface area contributed by atoms with E-state index in [9.17, 15) is 4.79 Å². The first-order chi connectivity index (χ1) is 9.31. The van der Waals surface area contributed by atoms with Gasteiger partial charge in [-0.2, -0.15) is 0 Å². The van der Waals surface area contributed by atoms with Gasteiger partial charge in [-0.15, -0.1) is 0 Å². The molecule has 1 amide bonds. The Morgan fingerprint density at radius 2 is 2.21 bits per heavy atom. The van der Waals surface area contributed by atoms with Gasteiger partial charge in [0.15, 0.2) is 0 Å². The summed E-state index contributed by atoms with van der Waals surface area (Å²) < 4.78 is 2.08. The lowest BCUT2D eigenvalue weighted by Gasteiger charge is -2.16. The molecule has 0 atom stereocenters.